The van der Waals surface area contributed by atoms with E-state index in [1.54, 1.807) is 0 Å². The summed E-state index contributed by atoms with van der Waals surface area (Å²) >= 11 is 1.46. The molecule has 0 aliphatic heterocycles. The Balaban J connectivity index is 0.000000205. The van der Waals surface area contributed by atoms with Gasteiger partial charge in [-0.2, -0.15) is 11.6 Å². The van der Waals surface area contributed by atoms with Crippen LogP contribution >= 0.6 is 0 Å². The van der Waals surface area contributed by atoms with E-state index in [2.05, 4.69) is 148 Å². The van der Waals surface area contributed by atoms with Crippen LogP contribution < -0.4 is 24.8 Å². The molecule has 0 radical (unpaired) electrons. The summed E-state index contributed by atoms with van der Waals surface area (Å²) in [6.45, 7) is 11.3. The van der Waals surface area contributed by atoms with Gasteiger partial charge in [-0.25, -0.2) is 5.57 Å². The third-order valence-electron chi connectivity index (χ3n) is 7.16. The number of rotatable bonds is 3. The largest absolute Gasteiger partial charge is 0.126 e. The molecule has 0 aromatic heterocycles. The summed E-state index contributed by atoms with van der Waals surface area (Å²) in [6.07, 6.45) is 8.28. The molecule has 0 fully saturated rings. The van der Waals surface area contributed by atoms with Crippen LogP contribution in [0.4, 0.5) is 0 Å². The second-order valence-corrected chi connectivity index (χ2v) is 11.6. The fourth-order valence-corrected chi connectivity index (χ4v) is 5.76. The number of benzene rings is 4. The van der Waals surface area contributed by atoms with E-state index in [1.807, 2.05) is 0 Å². The standard InChI is InChI=1S/C13H9.C13H21.C11H8.2ClH.Zr/c1-3-7-12-10(5-1)9-11-6-2-4-8-13(11)12;1-6-10-8-11(7-2)12(9-10)13(3,4)5;1-9-5-4-7-10-6-2-3-8-11(9)10;;;/h1-9H;9-10H,6-7H2,1-5H3;1-8H;2*1H;/q2*-1;;;;+2/p-2. The van der Waals surface area contributed by atoms with Gasteiger partial charge in [0, 0.05) is 0 Å². The van der Waals surface area contributed by atoms with Gasteiger partial charge >= 0.3 is 86.7 Å². The van der Waals surface area contributed by atoms with Gasteiger partial charge in [0.15, 0.2) is 0 Å². The molecule has 206 valence electrons. The molecule has 5 aromatic rings. The second-order valence-electron chi connectivity index (χ2n) is 10.9. The minimum absolute atomic E-state index is 0. The third-order valence-corrected chi connectivity index (χ3v) is 7.92. The van der Waals surface area contributed by atoms with E-state index >= 15 is 0 Å². The first-order valence-electron chi connectivity index (χ1n) is 13.7. The average Bonchev–Trinajstić information content (AvgIpc) is 3.55. The summed E-state index contributed by atoms with van der Waals surface area (Å²) < 4.78 is 2.23. The predicted octanol–water partition coefficient (Wildman–Crippen LogP) is 4.40. The van der Waals surface area contributed by atoms with Crippen LogP contribution in [0.5, 0.6) is 0 Å². The van der Waals surface area contributed by atoms with Crippen LogP contribution in [0.2, 0.25) is 0 Å². The summed E-state index contributed by atoms with van der Waals surface area (Å²) in [6, 6.07) is 34.2. The first kappa shape index (κ1) is 34.0. The van der Waals surface area contributed by atoms with Crippen molar-refractivity contribution < 1.29 is 49.0 Å². The predicted molar refractivity (Wildman–Crippen MR) is 165 cm³/mol. The van der Waals surface area contributed by atoms with Crippen LogP contribution in [0, 0.1) is 17.4 Å². The van der Waals surface area contributed by atoms with Crippen molar-refractivity contribution in [2.75, 3.05) is 0 Å². The zero-order chi connectivity index (χ0) is 27.1. The van der Waals surface area contributed by atoms with Crippen molar-refractivity contribution in [3.8, 4) is 0 Å². The third kappa shape index (κ3) is 8.19. The molecule has 0 saturated heterocycles. The molecule has 0 nitrogen and oxygen atoms in total. The van der Waals surface area contributed by atoms with Gasteiger partial charge in [-0.3, -0.25) is 6.08 Å². The smallest absolute Gasteiger partial charge is 0.0771 e. The first-order valence-corrected chi connectivity index (χ1v) is 15.1. The second kappa shape index (κ2) is 15.7. The normalized spacial score (nSPS) is 14.1. The molecule has 40 heavy (non-hydrogen) atoms. The maximum atomic E-state index is 3.57. The number of hydrogen-bond donors (Lipinski definition) is 0. The molecule has 3 heteroatoms. The Labute approximate surface area is 268 Å². The van der Waals surface area contributed by atoms with E-state index in [-0.39, 0.29) is 24.8 Å². The van der Waals surface area contributed by atoms with Gasteiger partial charge in [-0.05, 0) is 0 Å². The molecule has 0 spiro atoms. The summed E-state index contributed by atoms with van der Waals surface area (Å²) in [4.78, 5) is 0. The fraction of sp³-hybridized carbons (Fsp3) is 0.243. The first-order chi connectivity index (χ1) is 18.4. The number of fused-ring (bicyclic) bond motifs is 4. The van der Waals surface area contributed by atoms with E-state index in [0.29, 0.717) is 11.3 Å². The Morgan fingerprint density at radius 1 is 0.750 bits per heavy atom. The van der Waals surface area contributed by atoms with Crippen LogP contribution in [0.1, 0.15) is 53.0 Å². The number of halogens is 2. The topological polar surface area (TPSA) is 0 Å². The molecule has 0 heterocycles. The van der Waals surface area contributed by atoms with Crippen molar-refractivity contribution in [3.05, 3.63) is 126 Å². The summed E-state index contributed by atoms with van der Waals surface area (Å²) in [5.74, 6) is 0.573. The van der Waals surface area contributed by atoms with Crippen molar-refractivity contribution in [2.24, 2.45) is 11.3 Å². The van der Waals surface area contributed by atoms with Gasteiger partial charge in [-0.15, -0.1) is 39.7 Å². The molecular weight excluding hydrogens is 607 g/mol. The molecular formula is C37H38Cl2Zr-2. The number of allylic oxidation sites excluding steroid dienone is 4. The van der Waals surface area contributed by atoms with Crippen molar-refractivity contribution in [1.82, 2.24) is 0 Å². The molecule has 0 N–H and O–H groups in total. The van der Waals surface area contributed by atoms with Gasteiger partial charge in [0.1, 0.15) is 0 Å². The average molecular weight is 645 g/mol. The van der Waals surface area contributed by atoms with Crippen LogP contribution in [0.3, 0.4) is 0 Å². The van der Waals surface area contributed by atoms with Crippen LogP contribution in [0.25, 0.3) is 32.3 Å². The quantitative estimate of drug-likeness (QED) is 0.256. The Morgan fingerprint density at radius 2 is 1.27 bits per heavy atom. The maximum Gasteiger partial charge on any atom is -0.0771 e. The van der Waals surface area contributed by atoms with Crippen molar-refractivity contribution in [1.29, 1.82) is 0 Å². The van der Waals surface area contributed by atoms with Gasteiger partial charge in [0.25, 0.3) is 0 Å². The Bertz CT molecular complexity index is 1540. The van der Waals surface area contributed by atoms with Crippen molar-refractivity contribution >= 4 is 36.0 Å². The molecule has 6 rings (SSSR count). The zero-order valence-electron chi connectivity index (χ0n) is 24.1. The number of hydrogen-bond acceptors (Lipinski definition) is 0. The molecule has 1 aliphatic rings. The Morgan fingerprint density at radius 3 is 1.77 bits per heavy atom. The fourth-order valence-electron chi connectivity index (χ4n) is 5.14. The van der Waals surface area contributed by atoms with Crippen LogP contribution in [-0.4, -0.2) is 3.71 Å². The van der Waals surface area contributed by atoms with Crippen molar-refractivity contribution in [3.63, 3.8) is 0 Å². The molecule has 0 saturated carbocycles. The minimum atomic E-state index is 0. The molecule has 0 amide bonds. The monoisotopic (exact) mass is 642 g/mol. The van der Waals surface area contributed by atoms with Crippen LogP contribution in [-0.2, 0) is 24.2 Å². The minimum Gasteiger partial charge on any atom is -0.126 e. The van der Waals surface area contributed by atoms with E-state index in [1.165, 1.54) is 79.7 Å². The molecule has 5 aromatic carbocycles. The van der Waals surface area contributed by atoms with E-state index in [9.17, 15) is 0 Å². The van der Waals surface area contributed by atoms with E-state index < -0.39 is 0 Å². The maximum absolute atomic E-state index is 3.57. The molecule has 1 unspecified atom stereocenters. The summed E-state index contributed by atoms with van der Waals surface area (Å²) in [5, 5.41) is 8.08. The zero-order valence-corrected chi connectivity index (χ0v) is 28.1. The molecule has 1 aliphatic carbocycles. The summed E-state index contributed by atoms with van der Waals surface area (Å²) in [7, 11) is 0. The van der Waals surface area contributed by atoms with E-state index in [0.717, 1.165) is 6.42 Å². The van der Waals surface area contributed by atoms with Gasteiger partial charge in [0.05, 0.1) is 0 Å². The SMILES string of the molecule is CCC1=[C-]C(CC)C=C1C(C)(C)C.[Cl-].[Cl-].[Zr+2]=[CH]c1cccc2ccccc12.c1ccc2c(c1)[cH-]c1ccccc12. The van der Waals surface area contributed by atoms with Gasteiger partial charge in [-0.1, -0.05) is 95.2 Å². The summed E-state index contributed by atoms with van der Waals surface area (Å²) in [5.41, 5.74) is 4.61. The van der Waals surface area contributed by atoms with Crippen molar-refractivity contribution in [2.45, 2.75) is 47.5 Å². The molecule has 1 atom stereocenters. The Kier molecular flexibility index (Phi) is 13.4. The van der Waals surface area contributed by atoms with Gasteiger partial charge in [0.2, 0.25) is 0 Å². The van der Waals surface area contributed by atoms with E-state index in [4.69, 9.17) is 0 Å². The Hall–Kier alpha value is -2.18. The van der Waals surface area contributed by atoms with Gasteiger partial charge < -0.3 is 24.8 Å². The van der Waals surface area contributed by atoms with Crippen LogP contribution in [0.15, 0.2) is 114 Å². The molecule has 0 bridgehead atoms.